The molecule has 1 heterocycles. The summed E-state index contributed by atoms with van der Waals surface area (Å²) < 4.78 is 0. The summed E-state index contributed by atoms with van der Waals surface area (Å²) in [7, 11) is 0. The van der Waals surface area contributed by atoms with Gasteiger partial charge in [0.1, 0.15) is 0 Å². The number of carbonyl (C=O) groups is 1. The minimum Gasteiger partial charge on any atom is -0.352 e. The highest BCUT2D eigenvalue weighted by atomic mass is 16.1. The zero-order valence-corrected chi connectivity index (χ0v) is 12.6. The number of hydrogen-bond donors (Lipinski definition) is 1. The Morgan fingerprint density at radius 1 is 1.10 bits per heavy atom. The third kappa shape index (κ3) is 2.71. The lowest BCUT2D eigenvalue weighted by molar-refractivity contribution is 0.0946. The molecule has 1 unspecified atom stereocenters. The molecule has 2 nitrogen and oxygen atoms in total. The topological polar surface area (TPSA) is 29.1 Å². The molecule has 1 amide bonds. The van der Waals surface area contributed by atoms with Crippen LogP contribution in [0.2, 0.25) is 0 Å². The SMILES string of the molecule is CCC(C)c1ccc(-c2ccc3c(c2)CCNC3=O)cc1. The van der Waals surface area contributed by atoms with Crippen LogP contribution in [-0.4, -0.2) is 12.5 Å². The van der Waals surface area contributed by atoms with Crippen LogP contribution in [-0.2, 0) is 6.42 Å². The highest BCUT2D eigenvalue weighted by Gasteiger charge is 2.16. The normalized spacial score (nSPS) is 15.2. The van der Waals surface area contributed by atoms with Crippen LogP contribution in [0.1, 0.15) is 47.7 Å². The van der Waals surface area contributed by atoms with E-state index in [1.54, 1.807) is 0 Å². The van der Waals surface area contributed by atoms with E-state index in [-0.39, 0.29) is 5.91 Å². The molecule has 0 fully saturated rings. The predicted octanol–water partition coefficient (Wildman–Crippen LogP) is 4.15. The molecule has 108 valence electrons. The zero-order valence-electron chi connectivity index (χ0n) is 12.6. The van der Waals surface area contributed by atoms with Crippen LogP contribution >= 0.6 is 0 Å². The minimum atomic E-state index is 0.0509. The quantitative estimate of drug-likeness (QED) is 0.898. The summed E-state index contributed by atoms with van der Waals surface area (Å²) >= 11 is 0. The van der Waals surface area contributed by atoms with Crippen LogP contribution in [0, 0.1) is 0 Å². The number of fused-ring (bicyclic) bond motifs is 1. The van der Waals surface area contributed by atoms with Gasteiger partial charge in [-0.15, -0.1) is 0 Å². The third-order valence-electron chi connectivity index (χ3n) is 4.46. The van der Waals surface area contributed by atoms with Crippen molar-refractivity contribution < 1.29 is 4.79 Å². The first-order valence-corrected chi connectivity index (χ1v) is 7.70. The Morgan fingerprint density at radius 2 is 1.81 bits per heavy atom. The molecule has 2 aromatic rings. The number of amides is 1. The Morgan fingerprint density at radius 3 is 2.52 bits per heavy atom. The number of nitrogens with one attached hydrogen (secondary N) is 1. The molecule has 0 bridgehead atoms. The van der Waals surface area contributed by atoms with Crippen molar-refractivity contribution >= 4 is 5.91 Å². The lowest BCUT2D eigenvalue weighted by Crippen LogP contribution is -2.31. The fraction of sp³-hybridized carbons (Fsp3) is 0.316. The van der Waals surface area contributed by atoms with Crippen molar-refractivity contribution in [2.45, 2.75) is 32.6 Å². The molecule has 0 saturated carbocycles. The lowest BCUT2D eigenvalue weighted by atomic mass is 9.93. The summed E-state index contributed by atoms with van der Waals surface area (Å²) in [6.07, 6.45) is 2.08. The maximum Gasteiger partial charge on any atom is 0.251 e. The third-order valence-corrected chi connectivity index (χ3v) is 4.46. The summed E-state index contributed by atoms with van der Waals surface area (Å²) in [5, 5.41) is 2.88. The number of benzene rings is 2. The predicted molar refractivity (Wildman–Crippen MR) is 86.6 cm³/mol. The van der Waals surface area contributed by atoms with E-state index in [4.69, 9.17) is 0 Å². The van der Waals surface area contributed by atoms with Gasteiger partial charge in [-0.25, -0.2) is 0 Å². The number of carbonyl (C=O) groups excluding carboxylic acids is 1. The van der Waals surface area contributed by atoms with E-state index < -0.39 is 0 Å². The molecule has 0 aromatic heterocycles. The van der Waals surface area contributed by atoms with E-state index in [9.17, 15) is 4.79 Å². The Balaban J connectivity index is 1.92. The fourth-order valence-electron chi connectivity index (χ4n) is 2.85. The van der Waals surface area contributed by atoms with Gasteiger partial charge in [-0.3, -0.25) is 4.79 Å². The highest BCUT2D eigenvalue weighted by molar-refractivity contribution is 5.97. The van der Waals surface area contributed by atoms with Gasteiger partial charge in [0.05, 0.1) is 0 Å². The standard InChI is InChI=1S/C19H21NO/c1-3-13(2)14-4-6-15(7-5-14)16-8-9-18-17(12-16)10-11-20-19(18)21/h4-9,12-13H,3,10-11H2,1-2H3,(H,20,21). The van der Waals surface area contributed by atoms with E-state index >= 15 is 0 Å². The first-order chi connectivity index (χ1) is 10.2. The van der Waals surface area contributed by atoms with Crippen molar-refractivity contribution in [3.8, 4) is 11.1 Å². The first-order valence-electron chi connectivity index (χ1n) is 7.70. The van der Waals surface area contributed by atoms with Crippen molar-refractivity contribution in [1.82, 2.24) is 5.32 Å². The average Bonchev–Trinajstić information content (AvgIpc) is 2.54. The largest absolute Gasteiger partial charge is 0.352 e. The number of hydrogen-bond acceptors (Lipinski definition) is 1. The molecule has 1 N–H and O–H groups in total. The second-order valence-corrected chi connectivity index (χ2v) is 5.81. The molecule has 0 aliphatic carbocycles. The van der Waals surface area contributed by atoms with Gasteiger partial charge in [0.15, 0.2) is 0 Å². The van der Waals surface area contributed by atoms with Crippen molar-refractivity contribution in [2.24, 2.45) is 0 Å². The smallest absolute Gasteiger partial charge is 0.251 e. The summed E-state index contributed by atoms with van der Waals surface area (Å²) in [4.78, 5) is 11.8. The van der Waals surface area contributed by atoms with Gasteiger partial charge < -0.3 is 5.32 Å². The molecule has 1 aliphatic rings. The average molecular weight is 279 g/mol. The maximum absolute atomic E-state index is 11.8. The monoisotopic (exact) mass is 279 g/mol. The molecule has 21 heavy (non-hydrogen) atoms. The Hall–Kier alpha value is -2.09. The molecule has 1 atom stereocenters. The van der Waals surface area contributed by atoms with Crippen molar-refractivity contribution in [2.75, 3.05) is 6.54 Å². The van der Waals surface area contributed by atoms with Crippen LogP contribution in [0.3, 0.4) is 0 Å². The van der Waals surface area contributed by atoms with Crippen LogP contribution in [0.25, 0.3) is 11.1 Å². The van der Waals surface area contributed by atoms with E-state index in [0.29, 0.717) is 5.92 Å². The van der Waals surface area contributed by atoms with E-state index in [2.05, 4.69) is 49.5 Å². The molecule has 2 heteroatoms. The van der Waals surface area contributed by atoms with E-state index in [1.165, 1.54) is 16.7 Å². The van der Waals surface area contributed by atoms with Gasteiger partial charge in [0, 0.05) is 12.1 Å². The summed E-state index contributed by atoms with van der Waals surface area (Å²) in [5.41, 5.74) is 5.78. The van der Waals surface area contributed by atoms with Crippen molar-refractivity contribution in [3.63, 3.8) is 0 Å². The molecule has 0 radical (unpaired) electrons. The minimum absolute atomic E-state index is 0.0509. The van der Waals surface area contributed by atoms with Gasteiger partial charge in [0.25, 0.3) is 5.91 Å². The molecule has 0 saturated heterocycles. The Labute approximate surface area is 126 Å². The van der Waals surface area contributed by atoms with Crippen molar-refractivity contribution in [1.29, 1.82) is 0 Å². The van der Waals surface area contributed by atoms with E-state index in [0.717, 1.165) is 30.5 Å². The van der Waals surface area contributed by atoms with Gasteiger partial charge in [0.2, 0.25) is 0 Å². The van der Waals surface area contributed by atoms with Gasteiger partial charge >= 0.3 is 0 Å². The first kappa shape index (κ1) is 13.9. The van der Waals surface area contributed by atoms with Crippen LogP contribution < -0.4 is 5.32 Å². The number of rotatable bonds is 3. The van der Waals surface area contributed by atoms with Gasteiger partial charge in [-0.2, -0.15) is 0 Å². The van der Waals surface area contributed by atoms with Crippen LogP contribution in [0.4, 0.5) is 0 Å². The molecular weight excluding hydrogens is 258 g/mol. The molecule has 1 aliphatic heterocycles. The van der Waals surface area contributed by atoms with Crippen LogP contribution in [0.15, 0.2) is 42.5 Å². The zero-order chi connectivity index (χ0) is 14.8. The fourth-order valence-corrected chi connectivity index (χ4v) is 2.85. The summed E-state index contributed by atoms with van der Waals surface area (Å²) in [6, 6.07) is 15.0. The van der Waals surface area contributed by atoms with Gasteiger partial charge in [-0.1, -0.05) is 50.2 Å². The second kappa shape index (κ2) is 5.72. The van der Waals surface area contributed by atoms with Crippen LogP contribution in [0.5, 0.6) is 0 Å². The molecule has 2 aromatic carbocycles. The van der Waals surface area contributed by atoms with Gasteiger partial charge in [-0.05, 0) is 47.1 Å². The van der Waals surface area contributed by atoms with E-state index in [1.807, 2.05) is 12.1 Å². The second-order valence-electron chi connectivity index (χ2n) is 5.81. The molecule has 3 rings (SSSR count). The lowest BCUT2D eigenvalue weighted by Gasteiger charge is -2.17. The highest BCUT2D eigenvalue weighted by Crippen LogP contribution is 2.27. The Kier molecular flexibility index (Phi) is 3.78. The van der Waals surface area contributed by atoms with Crippen molar-refractivity contribution in [3.05, 3.63) is 59.2 Å². The summed E-state index contributed by atoms with van der Waals surface area (Å²) in [6.45, 7) is 5.21. The molecule has 0 spiro atoms. The molecular formula is C19H21NO. The summed E-state index contributed by atoms with van der Waals surface area (Å²) in [5.74, 6) is 0.654. The maximum atomic E-state index is 11.8. The Bertz CT molecular complexity index is 658.